The number of rotatable bonds is 6. The number of aliphatic hydroxyl groups is 1. The minimum atomic E-state index is -1.87. The molecule has 0 aliphatic carbocycles. The Kier molecular flexibility index (Phi) is 5.40. The third-order valence-corrected chi connectivity index (χ3v) is 2.71. The molecule has 1 unspecified atom stereocenters. The average molecular weight is 280 g/mol. The van der Waals surface area contributed by atoms with Gasteiger partial charge in [0.1, 0.15) is 0 Å². The van der Waals surface area contributed by atoms with Crippen LogP contribution in [0, 0.1) is 0 Å². The van der Waals surface area contributed by atoms with Crippen LogP contribution in [0.3, 0.4) is 0 Å². The molecule has 6 heteroatoms. The Bertz CT molecular complexity index is 534. The molecule has 1 aromatic carbocycles. The SMILES string of the molecule is CCOC(=O)c1ccc(C(=O)CC)c(C(O)C(=O)O)c1. The van der Waals surface area contributed by atoms with Crippen LogP contribution >= 0.6 is 0 Å². The summed E-state index contributed by atoms with van der Waals surface area (Å²) in [4.78, 5) is 34.2. The molecule has 0 aliphatic heterocycles. The third-order valence-electron chi connectivity index (χ3n) is 2.71. The van der Waals surface area contributed by atoms with Crippen LogP contribution in [-0.4, -0.2) is 34.5 Å². The van der Waals surface area contributed by atoms with Crippen molar-refractivity contribution in [2.24, 2.45) is 0 Å². The highest BCUT2D eigenvalue weighted by atomic mass is 16.5. The van der Waals surface area contributed by atoms with Gasteiger partial charge in [0.15, 0.2) is 11.9 Å². The molecule has 1 rings (SSSR count). The van der Waals surface area contributed by atoms with E-state index in [4.69, 9.17) is 9.84 Å². The summed E-state index contributed by atoms with van der Waals surface area (Å²) in [5.74, 6) is -2.44. The molecule has 1 atom stereocenters. The minimum absolute atomic E-state index is 0.0924. The van der Waals surface area contributed by atoms with Gasteiger partial charge in [0, 0.05) is 17.5 Å². The summed E-state index contributed by atoms with van der Waals surface area (Å²) in [6, 6.07) is 3.89. The van der Waals surface area contributed by atoms with Crippen molar-refractivity contribution in [2.45, 2.75) is 26.4 Å². The van der Waals surface area contributed by atoms with E-state index >= 15 is 0 Å². The summed E-state index contributed by atoms with van der Waals surface area (Å²) in [5.41, 5.74) is 0.0835. The lowest BCUT2D eigenvalue weighted by atomic mass is 9.95. The normalized spacial score (nSPS) is 11.8. The lowest BCUT2D eigenvalue weighted by Gasteiger charge is -2.13. The van der Waals surface area contributed by atoms with E-state index in [0.717, 1.165) is 0 Å². The molecule has 0 spiro atoms. The summed E-state index contributed by atoms with van der Waals surface area (Å²) in [6.45, 7) is 3.43. The van der Waals surface area contributed by atoms with Crippen molar-refractivity contribution in [1.29, 1.82) is 0 Å². The van der Waals surface area contributed by atoms with Gasteiger partial charge >= 0.3 is 11.9 Å². The molecule has 0 radical (unpaired) electrons. The van der Waals surface area contributed by atoms with Crippen molar-refractivity contribution < 1.29 is 29.3 Å². The van der Waals surface area contributed by atoms with Gasteiger partial charge in [0.2, 0.25) is 0 Å². The topological polar surface area (TPSA) is 101 Å². The van der Waals surface area contributed by atoms with E-state index in [1.807, 2.05) is 0 Å². The molecule has 0 saturated heterocycles. The maximum atomic E-state index is 11.7. The highest BCUT2D eigenvalue weighted by Gasteiger charge is 2.24. The molecule has 0 amide bonds. The number of carbonyl (C=O) groups is 3. The summed E-state index contributed by atoms with van der Waals surface area (Å²) >= 11 is 0. The van der Waals surface area contributed by atoms with Crippen LogP contribution in [-0.2, 0) is 9.53 Å². The van der Waals surface area contributed by atoms with Gasteiger partial charge in [0.25, 0.3) is 0 Å². The van der Waals surface area contributed by atoms with Crippen LogP contribution in [0.5, 0.6) is 0 Å². The average Bonchev–Trinajstić information content (AvgIpc) is 2.45. The Morgan fingerprint density at radius 1 is 1.25 bits per heavy atom. The van der Waals surface area contributed by atoms with E-state index in [9.17, 15) is 19.5 Å². The summed E-state index contributed by atoms with van der Waals surface area (Å²) in [7, 11) is 0. The first-order valence-electron chi connectivity index (χ1n) is 6.17. The Hall–Kier alpha value is -2.21. The highest BCUT2D eigenvalue weighted by Crippen LogP contribution is 2.22. The Morgan fingerprint density at radius 3 is 2.40 bits per heavy atom. The first-order valence-corrected chi connectivity index (χ1v) is 6.17. The number of hydrogen-bond acceptors (Lipinski definition) is 5. The Labute approximate surface area is 116 Å². The van der Waals surface area contributed by atoms with Gasteiger partial charge in [-0.1, -0.05) is 13.0 Å². The number of carbonyl (C=O) groups excluding carboxylic acids is 2. The molecular formula is C14H16O6. The number of aliphatic hydroxyl groups excluding tert-OH is 1. The molecule has 0 heterocycles. The number of hydrogen-bond donors (Lipinski definition) is 2. The fraction of sp³-hybridized carbons (Fsp3) is 0.357. The monoisotopic (exact) mass is 280 g/mol. The zero-order chi connectivity index (χ0) is 15.3. The van der Waals surface area contributed by atoms with E-state index in [1.165, 1.54) is 18.2 Å². The van der Waals surface area contributed by atoms with Crippen LogP contribution in [0.1, 0.15) is 52.7 Å². The standard InChI is InChI=1S/C14H16O6/c1-3-11(15)9-6-5-8(14(19)20-4-2)7-10(9)12(16)13(17)18/h5-7,12,16H,3-4H2,1-2H3,(H,17,18). The first-order chi connectivity index (χ1) is 9.42. The molecule has 0 aliphatic rings. The number of benzene rings is 1. The fourth-order valence-corrected chi connectivity index (χ4v) is 1.71. The van der Waals surface area contributed by atoms with Crippen LogP contribution in [0.4, 0.5) is 0 Å². The molecule has 2 N–H and O–H groups in total. The third kappa shape index (κ3) is 3.42. The van der Waals surface area contributed by atoms with Crippen LogP contribution in [0.15, 0.2) is 18.2 Å². The van der Waals surface area contributed by atoms with Crippen LogP contribution in [0.2, 0.25) is 0 Å². The van der Waals surface area contributed by atoms with Crippen molar-refractivity contribution in [3.8, 4) is 0 Å². The summed E-state index contributed by atoms with van der Waals surface area (Å²) < 4.78 is 4.80. The quantitative estimate of drug-likeness (QED) is 0.606. The van der Waals surface area contributed by atoms with Gasteiger partial charge in [-0.2, -0.15) is 0 Å². The summed E-state index contributed by atoms with van der Waals surface area (Å²) in [6.07, 6.45) is -1.70. The summed E-state index contributed by atoms with van der Waals surface area (Å²) in [5, 5.41) is 18.5. The molecular weight excluding hydrogens is 264 g/mol. The highest BCUT2D eigenvalue weighted by molar-refractivity contribution is 6.00. The van der Waals surface area contributed by atoms with Gasteiger partial charge in [-0.15, -0.1) is 0 Å². The maximum absolute atomic E-state index is 11.7. The second-order valence-electron chi connectivity index (χ2n) is 4.04. The van der Waals surface area contributed by atoms with E-state index in [-0.39, 0.29) is 35.5 Å². The van der Waals surface area contributed by atoms with Gasteiger partial charge in [-0.3, -0.25) is 4.79 Å². The van der Waals surface area contributed by atoms with E-state index in [1.54, 1.807) is 13.8 Å². The van der Waals surface area contributed by atoms with Crippen molar-refractivity contribution in [1.82, 2.24) is 0 Å². The largest absolute Gasteiger partial charge is 0.479 e. The molecule has 20 heavy (non-hydrogen) atoms. The molecule has 1 aromatic rings. The molecule has 0 aromatic heterocycles. The molecule has 0 fully saturated rings. The van der Waals surface area contributed by atoms with Crippen molar-refractivity contribution in [3.05, 3.63) is 34.9 Å². The lowest BCUT2D eigenvalue weighted by molar-refractivity contribution is -0.146. The van der Waals surface area contributed by atoms with Gasteiger partial charge in [-0.05, 0) is 19.1 Å². The van der Waals surface area contributed by atoms with Crippen molar-refractivity contribution in [3.63, 3.8) is 0 Å². The first kappa shape index (κ1) is 15.8. The van der Waals surface area contributed by atoms with Crippen LogP contribution < -0.4 is 0 Å². The zero-order valence-corrected chi connectivity index (χ0v) is 11.3. The second-order valence-corrected chi connectivity index (χ2v) is 4.04. The number of Topliss-reactive ketones (excluding diaryl/α,β-unsaturated/α-hetero) is 1. The lowest BCUT2D eigenvalue weighted by Crippen LogP contribution is -2.16. The molecule has 0 bridgehead atoms. The Balaban J connectivity index is 3.32. The number of carboxylic acid groups (broad SMARTS) is 1. The maximum Gasteiger partial charge on any atom is 0.338 e. The molecule has 108 valence electrons. The van der Waals surface area contributed by atoms with E-state index in [0.29, 0.717) is 0 Å². The molecule has 6 nitrogen and oxygen atoms in total. The number of aliphatic carboxylic acids is 1. The van der Waals surface area contributed by atoms with Crippen LogP contribution in [0.25, 0.3) is 0 Å². The van der Waals surface area contributed by atoms with Crippen molar-refractivity contribution in [2.75, 3.05) is 6.61 Å². The second kappa shape index (κ2) is 6.81. The zero-order valence-electron chi connectivity index (χ0n) is 11.3. The predicted molar refractivity (Wildman–Crippen MR) is 69.6 cm³/mol. The number of ether oxygens (including phenoxy) is 1. The van der Waals surface area contributed by atoms with Gasteiger partial charge < -0.3 is 14.9 Å². The van der Waals surface area contributed by atoms with E-state index in [2.05, 4.69) is 0 Å². The van der Waals surface area contributed by atoms with Gasteiger partial charge in [-0.25, -0.2) is 9.59 Å². The number of ketones is 1. The minimum Gasteiger partial charge on any atom is -0.479 e. The fourth-order valence-electron chi connectivity index (χ4n) is 1.71. The number of carboxylic acids is 1. The molecule has 0 saturated carbocycles. The van der Waals surface area contributed by atoms with Gasteiger partial charge in [0.05, 0.1) is 12.2 Å². The number of esters is 1. The smallest absolute Gasteiger partial charge is 0.338 e. The van der Waals surface area contributed by atoms with E-state index < -0.39 is 18.0 Å². The van der Waals surface area contributed by atoms with Crippen molar-refractivity contribution >= 4 is 17.7 Å². The predicted octanol–water partition coefficient (Wildman–Crippen LogP) is 1.57. The Morgan fingerprint density at radius 2 is 1.90 bits per heavy atom.